The van der Waals surface area contributed by atoms with E-state index in [1.54, 1.807) is 0 Å². The third kappa shape index (κ3) is 9.33. The lowest BCUT2D eigenvalue weighted by Crippen LogP contribution is -2.44. The van der Waals surface area contributed by atoms with Crippen LogP contribution in [0.2, 0.25) is 0 Å². The number of carbonyl (C=O) groups is 1. The number of unbranched alkanes of at least 4 members (excludes halogenated alkanes) is 8. The van der Waals surface area contributed by atoms with Crippen LogP contribution in [-0.4, -0.2) is 25.8 Å². The highest BCUT2D eigenvalue weighted by molar-refractivity contribution is 5.91. The maximum Gasteiger partial charge on any atom is 0.343 e. The van der Waals surface area contributed by atoms with Crippen molar-refractivity contribution in [3.8, 4) is 11.5 Å². The first-order valence-corrected chi connectivity index (χ1v) is 16.7. The first-order valence-electron chi connectivity index (χ1n) is 16.7. The number of carbonyl (C=O) groups excluding carboxylic acids is 1. The molecule has 2 aromatic carbocycles. The molecule has 2 bridgehead atoms. The van der Waals surface area contributed by atoms with Crippen molar-refractivity contribution in [1.82, 2.24) is 0 Å². The standard InChI is InChI=1S/C37H54O4/c1-3-5-7-9-11-28-39-30-27-36-21-24-37(25-22-36,26-23-36)32-15-13-31(14-16-32)35(38)41-34-19-17-33(18-20-34)40-29-12-10-8-6-4-2/h13-20H,3-12,21-30H2,1-2H3. The number of benzene rings is 2. The van der Waals surface area contributed by atoms with Gasteiger partial charge in [0, 0.05) is 13.2 Å². The summed E-state index contributed by atoms with van der Waals surface area (Å²) in [6.07, 6.45) is 21.5. The molecular formula is C37H54O4. The monoisotopic (exact) mass is 562 g/mol. The summed E-state index contributed by atoms with van der Waals surface area (Å²) < 4.78 is 17.5. The van der Waals surface area contributed by atoms with E-state index in [1.807, 2.05) is 36.4 Å². The number of ether oxygens (including phenoxy) is 3. The fourth-order valence-electron chi connectivity index (χ4n) is 6.90. The van der Waals surface area contributed by atoms with Crippen molar-refractivity contribution in [2.24, 2.45) is 5.41 Å². The molecule has 0 radical (unpaired) electrons. The van der Waals surface area contributed by atoms with Crippen LogP contribution in [0.4, 0.5) is 0 Å². The zero-order valence-electron chi connectivity index (χ0n) is 25.9. The third-order valence-corrected chi connectivity index (χ3v) is 9.85. The first-order chi connectivity index (χ1) is 20.1. The highest BCUT2D eigenvalue weighted by Gasteiger charge is 2.48. The van der Waals surface area contributed by atoms with Gasteiger partial charge in [-0.05, 0) is 111 Å². The van der Waals surface area contributed by atoms with Gasteiger partial charge >= 0.3 is 5.97 Å². The van der Waals surface area contributed by atoms with E-state index in [4.69, 9.17) is 14.2 Å². The van der Waals surface area contributed by atoms with E-state index in [1.165, 1.54) is 108 Å². The van der Waals surface area contributed by atoms with Gasteiger partial charge in [-0.2, -0.15) is 0 Å². The number of hydrogen-bond donors (Lipinski definition) is 0. The maximum atomic E-state index is 12.8. The summed E-state index contributed by atoms with van der Waals surface area (Å²) in [4.78, 5) is 12.8. The predicted octanol–water partition coefficient (Wildman–Crippen LogP) is 10.2. The molecule has 5 rings (SSSR count). The van der Waals surface area contributed by atoms with E-state index in [9.17, 15) is 4.79 Å². The van der Waals surface area contributed by atoms with Gasteiger partial charge in [-0.3, -0.25) is 0 Å². The minimum absolute atomic E-state index is 0.274. The van der Waals surface area contributed by atoms with Gasteiger partial charge < -0.3 is 14.2 Å². The lowest BCUT2D eigenvalue weighted by molar-refractivity contribution is 0.00404. The minimum Gasteiger partial charge on any atom is -0.494 e. The zero-order chi connectivity index (χ0) is 28.8. The van der Waals surface area contributed by atoms with Crippen molar-refractivity contribution < 1.29 is 19.0 Å². The van der Waals surface area contributed by atoms with Crippen LogP contribution < -0.4 is 9.47 Å². The smallest absolute Gasteiger partial charge is 0.343 e. The van der Waals surface area contributed by atoms with Gasteiger partial charge in [0.1, 0.15) is 11.5 Å². The largest absolute Gasteiger partial charge is 0.494 e. The predicted molar refractivity (Wildman–Crippen MR) is 168 cm³/mol. The molecule has 0 N–H and O–H groups in total. The normalized spacial score (nSPS) is 21.6. The van der Waals surface area contributed by atoms with Gasteiger partial charge in [-0.25, -0.2) is 4.79 Å². The Labute approximate surface area is 249 Å². The van der Waals surface area contributed by atoms with Gasteiger partial charge in [0.15, 0.2) is 0 Å². The fraction of sp³-hybridized carbons (Fsp3) is 0.649. The van der Waals surface area contributed by atoms with E-state index in [0.717, 1.165) is 32.0 Å². The van der Waals surface area contributed by atoms with Crippen molar-refractivity contribution >= 4 is 5.97 Å². The lowest BCUT2D eigenvalue weighted by Gasteiger charge is -2.54. The van der Waals surface area contributed by atoms with E-state index < -0.39 is 0 Å². The molecular weight excluding hydrogens is 508 g/mol. The molecule has 4 heteroatoms. The Morgan fingerprint density at radius 1 is 0.634 bits per heavy atom. The fourth-order valence-corrected chi connectivity index (χ4v) is 6.90. The molecule has 0 aromatic heterocycles. The summed E-state index contributed by atoms with van der Waals surface area (Å²) in [6, 6.07) is 15.6. The molecule has 3 aliphatic rings. The number of esters is 1. The number of fused-ring (bicyclic) bond motifs is 3. The molecule has 0 atom stereocenters. The van der Waals surface area contributed by atoms with Crippen LogP contribution in [0, 0.1) is 5.41 Å². The van der Waals surface area contributed by atoms with Crippen LogP contribution in [0.1, 0.15) is 139 Å². The van der Waals surface area contributed by atoms with E-state index in [-0.39, 0.29) is 11.4 Å². The Kier molecular flexibility index (Phi) is 12.6. The second-order valence-electron chi connectivity index (χ2n) is 12.8. The van der Waals surface area contributed by atoms with Crippen molar-refractivity contribution in [2.45, 2.75) is 128 Å². The van der Waals surface area contributed by atoms with Crippen LogP contribution in [-0.2, 0) is 10.2 Å². The molecule has 226 valence electrons. The summed E-state index contributed by atoms with van der Waals surface area (Å²) in [5.74, 6) is 1.05. The highest BCUT2D eigenvalue weighted by atomic mass is 16.5. The summed E-state index contributed by atoms with van der Waals surface area (Å²) in [7, 11) is 0. The average molecular weight is 563 g/mol. The van der Waals surface area contributed by atoms with Crippen molar-refractivity contribution in [3.05, 3.63) is 59.7 Å². The number of hydrogen-bond acceptors (Lipinski definition) is 4. The summed E-state index contributed by atoms with van der Waals surface area (Å²) in [5, 5.41) is 0. The maximum absolute atomic E-state index is 12.8. The van der Waals surface area contributed by atoms with Gasteiger partial charge in [0.25, 0.3) is 0 Å². The third-order valence-electron chi connectivity index (χ3n) is 9.85. The SMILES string of the molecule is CCCCCCCOCCC12CCC(c3ccc(C(=O)Oc4ccc(OCCCCCCC)cc4)cc3)(CC1)CC2. The van der Waals surface area contributed by atoms with E-state index in [2.05, 4.69) is 26.0 Å². The molecule has 3 saturated carbocycles. The summed E-state index contributed by atoms with van der Waals surface area (Å²) >= 11 is 0. The molecule has 0 amide bonds. The van der Waals surface area contributed by atoms with Gasteiger partial charge in [-0.15, -0.1) is 0 Å². The summed E-state index contributed by atoms with van der Waals surface area (Å²) in [5.41, 5.74) is 2.76. The molecule has 0 aliphatic heterocycles. The molecule has 3 aliphatic carbocycles. The Morgan fingerprint density at radius 3 is 1.80 bits per heavy atom. The number of rotatable bonds is 19. The van der Waals surface area contributed by atoms with Crippen molar-refractivity contribution in [3.63, 3.8) is 0 Å². The Morgan fingerprint density at radius 2 is 1.20 bits per heavy atom. The van der Waals surface area contributed by atoms with E-state index >= 15 is 0 Å². The molecule has 0 saturated heterocycles. The Balaban J connectivity index is 1.18. The van der Waals surface area contributed by atoms with Crippen LogP contribution in [0.3, 0.4) is 0 Å². The van der Waals surface area contributed by atoms with Crippen LogP contribution in [0.25, 0.3) is 0 Å². The summed E-state index contributed by atoms with van der Waals surface area (Å²) in [6.45, 7) is 7.07. The molecule has 2 aromatic rings. The topological polar surface area (TPSA) is 44.8 Å². The second kappa shape index (κ2) is 16.3. The van der Waals surface area contributed by atoms with Crippen molar-refractivity contribution in [1.29, 1.82) is 0 Å². The molecule has 0 spiro atoms. The molecule has 0 heterocycles. The average Bonchev–Trinajstić information content (AvgIpc) is 3.02. The molecule has 3 fully saturated rings. The minimum atomic E-state index is -0.310. The second-order valence-corrected chi connectivity index (χ2v) is 12.8. The zero-order valence-corrected chi connectivity index (χ0v) is 25.9. The Hall–Kier alpha value is -2.33. The van der Waals surface area contributed by atoms with Crippen LogP contribution in [0.15, 0.2) is 48.5 Å². The molecule has 41 heavy (non-hydrogen) atoms. The highest BCUT2D eigenvalue weighted by Crippen LogP contribution is 2.59. The first kappa shape index (κ1) is 31.6. The van der Waals surface area contributed by atoms with E-state index in [0.29, 0.717) is 16.7 Å². The van der Waals surface area contributed by atoms with Crippen LogP contribution in [0.5, 0.6) is 11.5 Å². The molecule has 0 unspecified atom stereocenters. The quantitative estimate of drug-likeness (QED) is 0.0970. The molecule has 4 nitrogen and oxygen atoms in total. The van der Waals surface area contributed by atoms with Gasteiger partial charge in [0.05, 0.1) is 12.2 Å². The lowest BCUT2D eigenvalue weighted by atomic mass is 9.51. The Bertz CT molecular complexity index is 1000. The van der Waals surface area contributed by atoms with Crippen molar-refractivity contribution in [2.75, 3.05) is 19.8 Å². The van der Waals surface area contributed by atoms with Gasteiger partial charge in [0.2, 0.25) is 0 Å². The van der Waals surface area contributed by atoms with Gasteiger partial charge in [-0.1, -0.05) is 77.3 Å². The van der Waals surface area contributed by atoms with Crippen LogP contribution >= 0.6 is 0 Å².